The Morgan fingerprint density at radius 3 is 2.19 bits per heavy atom. The molecule has 4 N–H and O–H groups in total. The number of nitrogens with two attached hydrogens (primary N) is 2. The van der Waals surface area contributed by atoms with Gasteiger partial charge in [0.05, 0.1) is 15.4 Å². The molecular formula is C16H18N2O2S. The Balaban J connectivity index is 0.000000225. The number of amides is 1. The average Bonchev–Trinajstić information content (AvgIpc) is 2.83. The van der Waals surface area contributed by atoms with E-state index in [1.165, 1.54) is 11.3 Å². The van der Waals surface area contributed by atoms with Crippen molar-refractivity contribution < 1.29 is 9.59 Å². The largest absolute Gasteiger partial charge is 0.390 e. The van der Waals surface area contributed by atoms with Gasteiger partial charge in [-0.15, -0.1) is 11.3 Å². The number of carbonyl (C=O) groups is 2. The zero-order valence-electron chi connectivity index (χ0n) is 11.8. The number of ketones is 1. The first kappa shape index (κ1) is 15.3. The van der Waals surface area contributed by atoms with Crippen LogP contribution in [0.2, 0.25) is 0 Å². The second kappa shape index (κ2) is 6.54. The smallest absolute Gasteiger partial charge is 0.251 e. The van der Waals surface area contributed by atoms with Crippen molar-refractivity contribution in [3.05, 3.63) is 52.4 Å². The van der Waals surface area contributed by atoms with Gasteiger partial charge < -0.3 is 11.5 Å². The molecule has 0 radical (unpaired) electrons. The molecule has 110 valence electrons. The van der Waals surface area contributed by atoms with Gasteiger partial charge in [0.1, 0.15) is 0 Å². The summed E-state index contributed by atoms with van der Waals surface area (Å²) in [6, 6.07) is 12.0. The summed E-state index contributed by atoms with van der Waals surface area (Å²) < 4.78 is 0. The summed E-state index contributed by atoms with van der Waals surface area (Å²) in [5.74, 6) is -0.427. The van der Waals surface area contributed by atoms with E-state index in [4.69, 9.17) is 11.5 Å². The van der Waals surface area contributed by atoms with Gasteiger partial charge in [0.15, 0.2) is 5.78 Å². The lowest BCUT2D eigenvalue weighted by atomic mass is 9.87. The lowest BCUT2D eigenvalue weighted by Crippen LogP contribution is -2.21. The van der Waals surface area contributed by atoms with Gasteiger partial charge >= 0.3 is 0 Å². The number of anilines is 1. The van der Waals surface area contributed by atoms with Crippen LogP contribution in [0.1, 0.15) is 38.9 Å². The Morgan fingerprint density at radius 2 is 1.71 bits per heavy atom. The summed E-state index contributed by atoms with van der Waals surface area (Å²) in [6.45, 7) is 1.89. The van der Waals surface area contributed by atoms with Crippen molar-refractivity contribution in [2.24, 2.45) is 11.7 Å². The number of primary amides is 1. The van der Waals surface area contributed by atoms with Gasteiger partial charge in [-0.1, -0.05) is 43.3 Å². The van der Waals surface area contributed by atoms with E-state index in [2.05, 4.69) is 0 Å². The third-order valence-electron chi connectivity index (χ3n) is 3.45. The average molecular weight is 302 g/mol. The van der Waals surface area contributed by atoms with Crippen LogP contribution >= 0.6 is 11.3 Å². The van der Waals surface area contributed by atoms with E-state index in [0.29, 0.717) is 21.9 Å². The van der Waals surface area contributed by atoms with Gasteiger partial charge in [-0.3, -0.25) is 9.59 Å². The second-order valence-corrected chi connectivity index (χ2v) is 6.02. The van der Waals surface area contributed by atoms with Gasteiger partial charge in [-0.25, -0.2) is 0 Å². The third kappa shape index (κ3) is 3.31. The Hall–Kier alpha value is -2.14. The van der Waals surface area contributed by atoms with Crippen LogP contribution in [0.4, 0.5) is 5.00 Å². The normalized spacial score (nSPS) is 16.6. The van der Waals surface area contributed by atoms with Crippen molar-refractivity contribution in [2.45, 2.75) is 19.8 Å². The van der Waals surface area contributed by atoms with Crippen molar-refractivity contribution in [3.63, 3.8) is 0 Å². The van der Waals surface area contributed by atoms with Crippen LogP contribution in [0.15, 0.2) is 36.4 Å². The molecule has 3 rings (SSSR count). The molecule has 1 amide bonds. The summed E-state index contributed by atoms with van der Waals surface area (Å²) in [5.41, 5.74) is 12.0. The molecule has 1 aromatic heterocycles. The zero-order chi connectivity index (χ0) is 15.4. The monoisotopic (exact) mass is 302 g/mol. The minimum atomic E-state index is -0.535. The quantitative estimate of drug-likeness (QED) is 0.849. The van der Waals surface area contributed by atoms with E-state index in [9.17, 15) is 9.59 Å². The van der Waals surface area contributed by atoms with Crippen LogP contribution in [-0.4, -0.2) is 11.7 Å². The molecule has 0 saturated carbocycles. The van der Waals surface area contributed by atoms with E-state index in [1.807, 2.05) is 43.3 Å². The fourth-order valence-corrected chi connectivity index (χ4v) is 3.47. The second-order valence-electron chi connectivity index (χ2n) is 4.97. The first-order chi connectivity index (χ1) is 10.0. The Kier molecular flexibility index (Phi) is 4.75. The molecule has 21 heavy (non-hydrogen) atoms. The summed E-state index contributed by atoms with van der Waals surface area (Å²) in [7, 11) is 0. The first-order valence-electron chi connectivity index (χ1n) is 6.77. The number of nitrogen functional groups attached to an aromatic ring is 1. The number of carbonyl (C=O) groups excluding carboxylic acids is 2. The lowest BCUT2D eigenvalue weighted by Gasteiger charge is -2.16. The van der Waals surface area contributed by atoms with Crippen LogP contribution in [-0.2, 0) is 6.42 Å². The van der Waals surface area contributed by atoms with Crippen molar-refractivity contribution in [3.8, 4) is 0 Å². The number of rotatable bonds is 1. The van der Waals surface area contributed by atoms with Crippen molar-refractivity contribution in [2.75, 3.05) is 5.73 Å². The molecule has 1 unspecified atom stereocenters. The molecular weight excluding hydrogens is 284 g/mol. The third-order valence-corrected chi connectivity index (χ3v) is 4.52. The Labute approximate surface area is 127 Å². The number of hydrogen-bond acceptors (Lipinski definition) is 4. The van der Waals surface area contributed by atoms with Crippen molar-refractivity contribution >= 4 is 28.0 Å². The minimum Gasteiger partial charge on any atom is -0.390 e. The van der Waals surface area contributed by atoms with Gasteiger partial charge in [0.25, 0.3) is 5.91 Å². The standard InChI is InChI=1S/C10H12N2O2S.C6H6/c1-4-2-3-5-6(9(11)14)10(12)15-8(5)7(4)13;1-2-4-6-5-3-1/h4H,2-3,12H2,1H3,(H2,11,14);1-6H. The fourth-order valence-electron chi connectivity index (χ4n) is 2.29. The molecule has 0 saturated heterocycles. The molecule has 0 fully saturated rings. The Bertz CT molecular complexity index is 623. The van der Waals surface area contributed by atoms with E-state index in [-0.39, 0.29) is 11.7 Å². The highest BCUT2D eigenvalue weighted by atomic mass is 32.1. The molecule has 1 atom stereocenters. The van der Waals surface area contributed by atoms with E-state index in [1.54, 1.807) is 0 Å². The maximum absolute atomic E-state index is 11.8. The predicted octanol–water partition coefficient (Wildman–Crippen LogP) is 2.88. The molecule has 4 nitrogen and oxygen atoms in total. The topological polar surface area (TPSA) is 86.2 Å². The molecule has 1 aliphatic carbocycles. The summed E-state index contributed by atoms with van der Waals surface area (Å²) in [4.78, 5) is 23.6. The molecule has 1 aliphatic rings. The molecule has 5 heteroatoms. The van der Waals surface area contributed by atoms with Crippen molar-refractivity contribution in [1.82, 2.24) is 0 Å². The highest BCUT2D eigenvalue weighted by molar-refractivity contribution is 7.18. The van der Waals surface area contributed by atoms with Gasteiger partial charge in [0.2, 0.25) is 0 Å². The van der Waals surface area contributed by atoms with Gasteiger partial charge in [0, 0.05) is 5.92 Å². The fraction of sp³-hybridized carbons (Fsp3) is 0.250. The van der Waals surface area contributed by atoms with Crippen LogP contribution in [0.25, 0.3) is 0 Å². The molecule has 1 heterocycles. The summed E-state index contributed by atoms with van der Waals surface area (Å²) in [5, 5.41) is 0.370. The molecule has 0 spiro atoms. The summed E-state index contributed by atoms with van der Waals surface area (Å²) >= 11 is 1.18. The number of thiophene rings is 1. The molecule has 1 aromatic carbocycles. The van der Waals surface area contributed by atoms with E-state index in [0.717, 1.165) is 12.0 Å². The summed E-state index contributed by atoms with van der Waals surface area (Å²) in [6.07, 6.45) is 1.48. The van der Waals surface area contributed by atoms with Crippen molar-refractivity contribution in [1.29, 1.82) is 0 Å². The number of Topliss-reactive ketones (excluding diaryl/α,β-unsaturated/α-hetero) is 1. The molecule has 0 aliphatic heterocycles. The highest BCUT2D eigenvalue weighted by Gasteiger charge is 2.31. The minimum absolute atomic E-state index is 0.0243. The van der Waals surface area contributed by atoms with Crippen LogP contribution < -0.4 is 11.5 Å². The predicted molar refractivity (Wildman–Crippen MR) is 85.5 cm³/mol. The Morgan fingerprint density at radius 1 is 1.19 bits per heavy atom. The first-order valence-corrected chi connectivity index (χ1v) is 7.59. The van der Waals surface area contributed by atoms with Crippen LogP contribution in [0.3, 0.4) is 0 Å². The van der Waals surface area contributed by atoms with Crippen LogP contribution in [0, 0.1) is 5.92 Å². The van der Waals surface area contributed by atoms with Crippen LogP contribution in [0.5, 0.6) is 0 Å². The molecule has 0 bridgehead atoms. The maximum Gasteiger partial charge on any atom is 0.251 e. The number of fused-ring (bicyclic) bond motifs is 1. The zero-order valence-corrected chi connectivity index (χ0v) is 12.7. The number of hydrogen-bond donors (Lipinski definition) is 2. The maximum atomic E-state index is 11.8. The molecule has 2 aromatic rings. The van der Waals surface area contributed by atoms with Gasteiger partial charge in [-0.2, -0.15) is 0 Å². The van der Waals surface area contributed by atoms with E-state index < -0.39 is 5.91 Å². The van der Waals surface area contributed by atoms with Gasteiger partial charge in [-0.05, 0) is 18.4 Å². The lowest BCUT2D eigenvalue weighted by molar-refractivity contribution is 0.0918. The highest BCUT2D eigenvalue weighted by Crippen LogP contribution is 2.37. The van der Waals surface area contributed by atoms with E-state index >= 15 is 0 Å². The number of benzene rings is 1. The SMILES string of the molecule is CC1CCc2c(sc(N)c2C(N)=O)C1=O.c1ccccc1.